The first kappa shape index (κ1) is 9.83. The van der Waals surface area contributed by atoms with Gasteiger partial charge < -0.3 is 10.1 Å². The van der Waals surface area contributed by atoms with E-state index in [4.69, 9.17) is 4.74 Å². The maximum absolute atomic E-state index is 11.2. The molecule has 1 heterocycles. The van der Waals surface area contributed by atoms with Crippen LogP contribution in [0.3, 0.4) is 0 Å². The minimum atomic E-state index is -0.392. The van der Waals surface area contributed by atoms with Crippen molar-refractivity contribution in [3.05, 3.63) is 0 Å². The van der Waals surface area contributed by atoms with Gasteiger partial charge in [-0.2, -0.15) is 0 Å². The maximum Gasteiger partial charge on any atom is 0.410 e. The van der Waals surface area contributed by atoms with Gasteiger partial charge in [-0.3, -0.25) is 9.69 Å². The molecule has 0 atom stereocenters. The molecule has 74 valence electrons. The van der Waals surface area contributed by atoms with Crippen LogP contribution >= 0.6 is 0 Å². The number of rotatable bonds is 2. The largest absolute Gasteiger partial charge is 0.449 e. The molecular weight excluding hydrogens is 172 g/mol. The maximum atomic E-state index is 11.2. The fourth-order valence-corrected chi connectivity index (χ4v) is 1.08. The van der Waals surface area contributed by atoms with Crippen LogP contribution in [0.25, 0.3) is 0 Å². The molecule has 0 saturated carbocycles. The van der Waals surface area contributed by atoms with Crippen molar-refractivity contribution >= 4 is 12.0 Å². The lowest BCUT2D eigenvalue weighted by atomic mass is 10.4. The summed E-state index contributed by atoms with van der Waals surface area (Å²) in [6.07, 6.45) is 0.405. The van der Waals surface area contributed by atoms with E-state index in [0.29, 0.717) is 19.7 Å². The Morgan fingerprint density at radius 1 is 1.69 bits per heavy atom. The smallest absolute Gasteiger partial charge is 0.410 e. The zero-order valence-electron chi connectivity index (χ0n) is 7.71. The molecule has 0 aliphatic carbocycles. The van der Waals surface area contributed by atoms with Gasteiger partial charge in [0.25, 0.3) is 0 Å². The van der Waals surface area contributed by atoms with E-state index in [2.05, 4.69) is 5.32 Å². The van der Waals surface area contributed by atoms with Crippen LogP contribution in [0.15, 0.2) is 0 Å². The van der Waals surface area contributed by atoms with Gasteiger partial charge in [0.2, 0.25) is 5.91 Å². The number of hydrogen-bond donors (Lipinski definition) is 1. The van der Waals surface area contributed by atoms with Gasteiger partial charge in [-0.15, -0.1) is 0 Å². The van der Waals surface area contributed by atoms with Crippen molar-refractivity contribution in [3.63, 3.8) is 0 Å². The van der Waals surface area contributed by atoms with Gasteiger partial charge in [-0.25, -0.2) is 4.79 Å². The van der Waals surface area contributed by atoms with E-state index in [1.807, 2.05) is 6.92 Å². The van der Waals surface area contributed by atoms with E-state index in [0.717, 1.165) is 6.42 Å². The number of nitrogens with zero attached hydrogens (tertiary/aromatic N) is 1. The Bertz CT molecular complexity index is 206. The van der Waals surface area contributed by atoms with Crippen molar-refractivity contribution in [2.24, 2.45) is 0 Å². The van der Waals surface area contributed by atoms with E-state index in [9.17, 15) is 9.59 Å². The van der Waals surface area contributed by atoms with Crippen molar-refractivity contribution in [2.45, 2.75) is 13.3 Å². The summed E-state index contributed by atoms with van der Waals surface area (Å²) in [5, 5.41) is 2.63. The Labute approximate surface area is 77.0 Å². The van der Waals surface area contributed by atoms with Crippen LogP contribution in [-0.2, 0) is 9.53 Å². The molecule has 13 heavy (non-hydrogen) atoms. The van der Waals surface area contributed by atoms with Gasteiger partial charge in [-0.05, 0) is 6.42 Å². The Balaban J connectivity index is 2.32. The number of carbonyl (C=O) groups is 2. The summed E-state index contributed by atoms with van der Waals surface area (Å²) in [6, 6.07) is 0. The molecule has 1 N–H and O–H groups in total. The van der Waals surface area contributed by atoms with Gasteiger partial charge in [0.1, 0.15) is 6.54 Å². The molecule has 1 rings (SSSR count). The number of amides is 2. The lowest BCUT2D eigenvalue weighted by Gasteiger charge is -2.25. The Hall–Kier alpha value is -1.26. The van der Waals surface area contributed by atoms with E-state index >= 15 is 0 Å². The quantitative estimate of drug-likeness (QED) is 0.658. The lowest BCUT2D eigenvalue weighted by molar-refractivity contribution is -0.123. The molecule has 0 aromatic heterocycles. The van der Waals surface area contributed by atoms with Crippen molar-refractivity contribution in [1.29, 1.82) is 0 Å². The Kier molecular flexibility index (Phi) is 3.54. The van der Waals surface area contributed by atoms with Crippen LogP contribution in [0, 0.1) is 0 Å². The van der Waals surface area contributed by atoms with E-state index in [1.54, 1.807) is 0 Å². The molecular formula is C8H14N2O3. The van der Waals surface area contributed by atoms with Crippen LogP contribution in [0.5, 0.6) is 0 Å². The van der Waals surface area contributed by atoms with Gasteiger partial charge in [-0.1, -0.05) is 6.92 Å². The summed E-state index contributed by atoms with van der Waals surface area (Å²) in [6.45, 7) is 3.50. The average molecular weight is 186 g/mol. The first-order valence-corrected chi connectivity index (χ1v) is 4.42. The number of carbonyl (C=O) groups excluding carboxylic acids is 2. The molecule has 5 heteroatoms. The van der Waals surface area contributed by atoms with Crippen LogP contribution in [-0.4, -0.2) is 43.1 Å². The SMILES string of the molecule is CCCOC(=O)N1CCNC(=O)C1. The van der Waals surface area contributed by atoms with Crippen molar-refractivity contribution in [1.82, 2.24) is 10.2 Å². The third-order valence-electron chi connectivity index (χ3n) is 1.73. The lowest BCUT2D eigenvalue weighted by Crippen LogP contribution is -2.50. The van der Waals surface area contributed by atoms with Gasteiger partial charge in [0.15, 0.2) is 0 Å². The summed E-state index contributed by atoms with van der Waals surface area (Å²) >= 11 is 0. The first-order valence-electron chi connectivity index (χ1n) is 4.42. The third kappa shape index (κ3) is 2.93. The molecule has 0 radical (unpaired) electrons. The Morgan fingerprint density at radius 3 is 3.08 bits per heavy atom. The van der Waals surface area contributed by atoms with E-state index in [-0.39, 0.29) is 12.5 Å². The highest BCUT2D eigenvalue weighted by molar-refractivity contribution is 5.83. The molecule has 0 aromatic rings. The number of nitrogens with one attached hydrogen (secondary N) is 1. The van der Waals surface area contributed by atoms with Gasteiger partial charge in [0, 0.05) is 13.1 Å². The zero-order valence-corrected chi connectivity index (χ0v) is 7.71. The van der Waals surface area contributed by atoms with Crippen molar-refractivity contribution < 1.29 is 14.3 Å². The monoisotopic (exact) mass is 186 g/mol. The normalized spacial score (nSPS) is 16.7. The van der Waals surface area contributed by atoms with Crippen molar-refractivity contribution in [3.8, 4) is 0 Å². The minimum Gasteiger partial charge on any atom is -0.449 e. The fraction of sp³-hybridized carbons (Fsp3) is 0.750. The summed E-state index contributed by atoms with van der Waals surface area (Å²) < 4.78 is 4.89. The predicted octanol–water partition coefficient (Wildman–Crippen LogP) is -0.0352. The molecule has 5 nitrogen and oxygen atoms in total. The van der Waals surface area contributed by atoms with E-state index < -0.39 is 6.09 Å². The number of piperazine rings is 1. The van der Waals surface area contributed by atoms with Crippen LogP contribution in [0.2, 0.25) is 0 Å². The molecule has 0 spiro atoms. The second-order valence-corrected chi connectivity index (χ2v) is 2.89. The third-order valence-corrected chi connectivity index (χ3v) is 1.73. The van der Waals surface area contributed by atoms with Crippen molar-refractivity contribution in [2.75, 3.05) is 26.2 Å². The molecule has 1 fully saturated rings. The average Bonchev–Trinajstić information content (AvgIpc) is 2.14. The predicted molar refractivity (Wildman–Crippen MR) is 46.2 cm³/mol. The van der Waals surface area contributed by atoms with Gasteiger partial charge >= 0.3 is 6.09 Å². The highest BCUT2D eigenvalue weighted by atomic mass is 16.6. The molecule has 1 aliphatic heterocycles. The van der Waals surface area contributed by atoms with Crippen LogP contribution in [0.1, 0.15) is 13.3 Å². The molecule has 0 unspecified atom stereocenters. The minimum absolute atomic E-state index is 0.114. The van der Waals surface area contributed by atoms with E-state index in [1.165, 1.54) is 4.90 Å². The highest BCUT2D eigenvalue weighted by Crippen LogP contribution is 1.97. The topological polar surface area (TPSA) is 58.6 Å². The fourth-order valence-electron chi connectivity index (χ4n) is 1.08. The molecule has 0 bridgehead atoms. The second kappa shape index (κ2) is 4.69. The molecule has 1 aliphatic rings. The number of hydrogen-bond acceptors (Lipinski definition) is 3. The zero-order chi connectivity index (χ0) is 9.68. The highest BCUT2D eigenvalue weighted by Gasteiger charge is 2.21. The van der Waals surface area contributed by atoms with Gasteiger partial charge in [0.05, 0.1) is 6.61 Å². The molecule has 1 saturated heterocycles. The summed E-state index contributed by atoms with van der Waals surface area (Å²) in [5.41, 5.74) is 0. The molecule has 2 amide bonds. The number of ether oxygens (including phenoxy) is 1. The summed E-state index contributed by atoms with van der Waals surface area (Å²) in [7, 11) is 0. The Morgan fingerprint density at radius 2 is 2.46 bits per heavy atom. The van der Waals surface area contributed by atoms with Crippen LogP contribution in [0.4, 0.5) is 4.79 Å². The molecule has 0 aromatic carbocycles. The summed E-state index contributed by atoms with van der Waals surface area (Å²) in [5.74, 6) is -0.125. The standard InChI is InChI=1S/C8H14N2O3/c1-2-5-13-8(12)10-4-3-9-7(11)6-10/h2-6H2,1H3,(H,9,11). The second-order valence-electron chi connectivity index (χ2n) is 2.89. The summed E-state index contributed by atoms with van der Waals surface area (Å²) in [4.78, 5) is 23.5. The first-order chi connectivity index (χ1) is 6.24. The van der Waals surface area contributed by atoms with Crippen LogP contribution < -0.4 is 5.32 Å².